The molecule has 0 saturated heterocycles. The molecule has 108 valence electrons. The Bertz CT molecular complexity index is 390. The van der Waals surface area contributed by atoms with Gasteiger partial charge in [0.25, 0.3) is 0 Å². The molecule has 0 saturated carbocycles. The lowest BCUT2D eigenvalue weighted by atomic mass is 9.76. The van der Waals surface area contributed by atoms with Gasteiger partial charge in [0.05, 0.1) is 6.04 Å². The van der Waals surface area contributed by atoms with Crippen LogP contribution in [-0.2, 0) is 4.74 Å². The fraction of sp³-hybridized carbons (Fsp3) is 0.688. The molecule has 1 amide bonds. The minimum atomic E-state index is -0.456. The Morgan fingerprint density at radius 2 is 2.16 bits per heavy atom. The van der Waals surface area contributed by atoms with Crippen LogP contribution in [0, 0.1) is 5.41 Å². The molecule has 0 radical (unpaired) electrons. The predicted octanol–water partition coefficient (Wildman–Crippen LogP) is 4.20. The molecule has 1 unspecified atom stereocenters. The number of hydrogen-bond acceptors (Lipinski definition) is 2. The maximum Gasteiger partial charge on any atom is 0.408 e. The smallest absolute Gasteiger partial charge is 0.408 e. The largest absolute Gasteiger partial charge is 0.444 e. The molecule has 0 aliphatic heterocycles. The third-order valence-corrected chi connectivity index (χ3v) is 3.51. The van der Waals surface area contributed by atoms with Gasteiger partial charge in [-0.25, -0.2) is 4.79 Å². The summed E-state index contributed by atoms with van der Waals surface area (Å²) in [7, 11) is 0. The van der Waals surface area contributed by atoms with Crippen molar-refractivity contribution in [1.82, 2.24) is 5.32 Å². The van der Waals surface area contributed by atoms with Crippen LogP contribution in [0.3, 0.4) is 0 Å². The maximum absolute atomic E-state index is 11.8. The van der Waals surface area contributed by atoms with Crippen LogP contribution in [0.5, 0.6) is 0 Å². The van der Waals surface area contributed by atoms with Crippen LogP contribution < -0.4 is 5.32 Å². The lowest BCUT2D eigenvalue weighted by molar-refractivity contribution is 0.0514. The quantitative estimate of drug-likeness (QED) is 0.830. The Kier molecular flexibility index (Phi) is 4.83. The normalized spacial score (nSPS) is 24.6. The number of carbonyl (C=O) groups excluding carboxylic acids is 1. The molecule has 2 atom stereocenters. The Hall–Kier alpha value is -1.25. The van der Waals surface area contributed by atoms with E-state index in [0.29, 0.717) is 0 Å². The first-order valence-electron chi connectivity index (χ1n) is 7.03. The highest BCUT2D eigenvalue weighted by atomic mass is 16.6. The second-order valence-corrected chi connectivity index (χ2v) is 6.65. The summed E-state index contributed by atoms with van der Waals surface area (Å²) in [5.41, 5.74) is 0.994. The topological polar surface area (TPSA) is 38.3 Å². The lowest BCUT2D eigenvalue weighted by Gasteiger charge is -2.31. The van der Waals surface area contributed by atoms with Crippen LogP contribution in [0.25, 0.3) is 0 Å². The average molecular weight is 265 g/mol. The summed E-state index contributed by atoms with van der Waals surface area (Å²) in [5, 5.41) is 2.90. The van der Waals surface area contributed by atoms with Gasteiger partial charge in [0.2, 0.25) is 0 Å². The van der Waals surface area contributed by atoms with Gasteiger partial charge >= 0.3 is 6.09 Å². The van der Waals surface area contributed by atoms with E-state index in [1.54, 1.807) is 0 Å². The Balaban J connectivity index is 2.60. The first-order valence-corrected chi connectivity index (χ1v) is 7.03. The van der Waals surface area contributed by atoms with Crippen molar-refractivity contribution in [3.8, 4) is 0 Å². The summed E-state index contributed by atoms with van der Waals surface area (Å²) in [6.45, 7) is 12.1. The van der Waals surface area contributed by atoms with Gasteiger partial charge in [-0.2, -0.15) is 0 Å². The number of rotatable bonds is 3. The fourth-order valence-electron chi connectivity index (χ4n) is 2.11. The van der Waals surface area contributed by atoms with Crippen molar-refractivity contribution in [3.05, 3.63) is 23.8 Å². The molecule has 0 aromatic heterocycles. The van der Waals surface area contributed by atoms with Gasteiger partial charge in [-0.05, 0) is 51.5 Å². The molecule has 1 rings (SSSR count). The van der Waals surface area contributed by atoms with E-state index in [1.807, 2.05) is 27.7 Å². The summed E-state index contributed by atoms with van der Waals surface area (Å²) in [5.74, 6) is 0. The van der Waals surface area contributed by atoms with Crippen LogP contribution in [0.4, 0.5) is 4.79 Å². The number of allylic oxidation sites excluding steroid dienone is 3. The molecule has 3 heteroatoms. The zero-order valence-corrected chi connectivity index (χ0v) is 13.0. The van der Waals surface area contributed by atoms with Crippen LogP contribution >= 0.6 is 0 Å². The minimum absolute atomic E-state index is 0.00525. The third kappa shape index (κ3) is 5.09. The molecule has 19 heavy (non-hydrogen) atoms. The number of ether oxygens (including phenoxy) is 1. The van der Waals surface area contributed by atoms with Crippen molar-refractivity contribution >= 4 is 6.09 Å². The lowest BCUT2D eigenvalue weighted by Crippen LogP contribution is -2.39. The van der Waals surface area contributed by atoms with Crippen molar-refractivity contribution in [1.29, 1.82) is 0 Å². The number of amides is 1. The minimum Gasteiger partial charge on any atom is -0.444 e. The van der Waals surface area contributed by atoms with Crippen molar-refractivity contribution in [2.75, 3.05) is 0 Å². The van der Waals surface area contributed by atoms with Gasteiger partial charge in [0.15, 0.2) is 0 Å². The molecule has 0 spiro atoms. The molecule has 0 fully saturated rings. The second-order valence-electron chi connectivity index (χ2n) is 6.65. The summed E-state index contributed by atoms with van der Waals surface area (Å²) >= 11 is 0. The molecular weight excluding hydrogens is 238 g/mol. The molecular formula is C16H27NO2. The predicted molar refractivity (Wildman–Crippen MR) is 79.1 cm³/mol. The van der Waals surface area contributed by atoms with E-state index >= 15 is 0 Å². The maximum atomic E-state index is 11.8. The molecule has 0 aromatic rings. The van der Waals surface area contributed by atoms with E-state index in [-0.39, 0.29) is 17.6 Å². The van der Waals surface area contributed by atoms with Gasteiger partial charge in [-0.1, -0.05) is 32.1 Å². The van der Waals surface area contributed by atoms with E-state index in [1.165, 1.54) is 5.57 Å². The van der Waals surface area contributed by atoms with Crippen molar-refractivity contribution in [2.45, 2.75) is 66.0 Å². The van der Waals surface area contributed by atoms with Crippen LogP contribution in [0.2, 0.25) is 0 Å². The van der Waals surface area contributed by atoms with Gasteiger partial charge < -0.3 is 10.1 Å². The first-order chi connectivity index (χ1) is 8.65. The van der Waals surface area contributed by atoms with E-state index in [9.17, 15) is 4.79 Å². The van der Waals surface area contributed by atoms with Crippen molar-refractivity contribution < 1.29 is 9.53 Å². The highest BCUT2D eigenvalue weighted by Gasteiger charge is 2.26. The van der Waals surface area contributed by atoms with E-state index in [4.69, 9.17) is 4.74 Å². The van der Waals surface area contributed by atoms with E-state index < -0.39 is 5.60 Å². The Morgan fingerprint density at radius 3 is 2.68 bits per heavy atom. The second kappa shape index (κ2) is 5.81. The number of hydrogen-bond donors (Lipinski definition) is 1. The SMILES string of the molecule is CCC1(C)C=CC=C([C@@H](C)NC(=O)OC(C)(C)C)C1. The van der Waals surface area contributed by atoms with Crippen LogP contribution in [0.15, 0.2) is 23.8 Å². The molecule has 0 aromatic carbocycles. The van der Waals surface area contributed by atoms with E-state index in [0.717, 1.165) is 12.8 Å². The zero-order chi connectivity index (χ0) is 14.7. The highest BCUT2D eigenvalue weighted by Crippen LogP contribution is 2.35. The van der Waals surface area contributed by atoms with Crippen molar-refractivity contribution in [3.63, 3.8) is 0 Å². The van der Waals surface area contributed by atoms with Gasteiger partial charge in [-0.15, -0.1) is 0 Å². The number of carbonyl (C=O) groups is 1. The molecule has 0 bridgehead atoms. The third-order valence-electron chi connectivity index (χ3n) is 3.51. The number of alkyl carbamates (subject to hydrolysis) is 1. The van der Waals surface area contributed by atoms with Crippen molar-refractivity contribution in [2.24, 2.45) is 5.41 Å². The van der Waals surface area contributed by atoms with E-state index in [2.05, 4.69) is 37.4 Å². The molecule has 3 nitrogen and oxygen atoms in total. The Labute approximate surface area is 117 Å². The fourth-order valence-corrected chi connectivity index (χ4v) is 2.11. The molecule has 0 heterocycles. The van der Waals surface area contributed by atoms with Crippen LogP contribution in [0.1, 0.15) is 54.4 Å². The highest BCUT2D eigenvalue weighted by molar-refractivity contribution is 5.68. The summed E-state index contributed by atoms with van der Waals surface area (Å²) < 4.78 is 5.28. The summed E-state index contributed by atoms with van der Waals surface area (Å²) in [4.78, 5) is 11.8. The average Bonchev–Trinajstić information content (AvgIpc) is 2.26. The number of nitrogens with one attached hydrogen (secondary N) is 1. The molecule has 1 aliphatic carbocycles. The van der Waals surface area contributed by atoms with Gasteiger partial charge in [-0.3, -0.25) is 0 Å². The van der Waals surface area contributed by atoms with Crippen LogP contribution in [-0.4, -0.2) is 17.7 Å². The summed E-state index contributed by atoms with van der Waals surface area (Å²) in [6, 6.07) is 0.00525. The summed E-state index contributed by atoms with van der Waals surface area (Å²) in [6.07, 6.45) is 8.16. The standard InChI is InChI=1S/C16H27NO2/c1-7-16(6)10-8-9-13(11-16)12(2)17-14(18)19-15(3,4)5/h8-10,12H,7,11H2,1-6H3,(H,17,18)/t12-,16?/m1/s1. The monoisotopic (exact) mass is 265 g/mol. The van der Waals surface area contributed by atoms with Gasteiger partial charge in [0, 0.05) is 0 Å². The molecule has 1 N–H and O–H groups in total. The zero-order valence-electron chi connectivity index (χ0n) is 13.0. The first kappa shape index (κ1) is 15.8. The van der Waals surface area contributed by atoms with Gasteiger partial charge in [0.1, 0.15) is 5.60 Å². The molecule has 1 aliphatic rings. The Morgan fingerprint density at radius 1 is 1.53 bits per heavy atom.